The standard InChI is InChI=1S/C15H11F3N2/c1-9(10-2-5-12(16)6-3-10)20-13-7-4-11(8-19)14(17)15(13)18/h2-7,9,20H,1H3. The lowest BCUT2D eigenvalue weighted by molar-refractivity contribution is 0.507. The molecule has 0 heterocycles. The van der Waals surface area contributed by atoms with Crippen LogP contribution in [0.4, 0.5) is 18.9 Å². The lowest BCUT2D eigenvalue weighted by atomic mass is 10.1. The minimum atomic E-state index is -1.18. The van der Waals surface area contributed by atoms with Crippen LogP contribution in [0.1, 0.15) is 24.1 Å². The van der Waals surface area contributed by atoms with E-state index in [1.165, 1.54) is 24.3 Å². The van der Waals surface area contributed by atoms with Crippen molar-refractivity contribution in [1.29, 1.82) is 5.26 Å². The fraction of sp³-hybridized carbons (Fsp3) is 0.133. The first-order valence-electron chi connectivity index (χ1n) is 5.93. The second kappa shape index (κ2) is 5.66. The largest absolute Gasteiger partial charge is 0.376 e. The van der Waals surface area contributed by atoms with Gasteiger partial charge in [-0.05, 0) is 36.8 Å². The molecule has 0 fully saturated rings. The molecule has 0 aromatic heterocycles. The molecular weight excluding hydrogens is 265 g/mol. The molecule has 0 bridgehead atoms. The summed E-state index contributed by atoms with van der Waals surface area (Å²) >= 11 is 0. The Morgan fingerprint density at radius 1 is 1.00 bits per heavy atom. The molecule has 2 rings (SSSR count). The van der Waals surface area contributed by atoms with E-state index in [1.54, 1.807) is 25.1 Å². The minimum Gasteiger partial charge on any atom is -0.376 e. The van der Waals surface area contributed by atoms with Gasteiger partial charge in [-0.15, -0.1) is 0 Å². The SMILES string of the molecule is CC(Nc1ccc(C#N)c(F)c1F)c1ccc(F)cc1. The van der Waals surface area contributed by atoms with E-state index in [1.807, 2.05) is 0 Å². The maximum atomic E-state index is 13.7. The Morgan fingerprint density at radius 2 is 1.65 bits per heavy atom. The van der Waals surface area contributed by atoms with E-state index in [2.05, 4.69) is 5.32 Å². The zero-order valence-corrected chi connectivity index (χ0v) is 10.6. The average Bonchev–Trinajstić information content (AvgIpc) is 2.45. The van der Waals surface area contributed by atoms with Crippen LogP contribution in [-0.4, -0.2) is 0 Å². The van der Waals surface area contributed by atoms with Gasteiger partial charge < -0.3 is 5.32 Å². The molecule has 102 valence electrons. The van der Waals surface area contributed by atoms with Crippen molar-refractivity contribution in [3.8, 4) is 6.07 Å². The van der Waals surface area contributed by atoms with E-state index in [0.29, 0.717) is 0 Å². The third-order valence-corrected chi connectivity index (χ3v) is 2.94. The van der Waals surface area contributed by atoms with Gasteiger partial charge >= 0.3 is 0 Å². The van der Waals surface area contributed by atoms with Gasteiger partial charge in [-0.1, -0.05) is 12.1 Å². The van der Waals surface area contributed by atoms with E-state index in [4.69, 9.17) is 5.26 Å². The molecule has 0 saturated carbocycles. The van der Waals surface area contributed by atoms with Crippen molar-refractivity contribution in [2.75, 3.05) is 5.32 Å². The zero-order chi connectivity index (χ0) is 14.7. The molecular formula is C15H11F3N2. The average molecular weight is 276 g/mol. The quantitative estimate of drug-likeness (QED) is 0.914. The Kier molecular flexibility index (Phi) is 3.94. The Labute approximate surface area is 114 Å². The van der Waals surface area contributed by atoms with Crippen molar-refractivity contribution in [2.45, 2.75) is 13.0 Å². The van der Waals surface area contributed by atoms with Crippen LogP contribution >= 0.6 is 0 Å². The van der Waals surface area contributed by atoms with Crippen molar-refractivity contribution >= 4 is 5.69 Å². The first-order chi connectivity index (χ1) is 9.52. The minimum absolute atomic E-state index is 0.0432. The van der Waals surface area contributed by atoms with Crippen molar-refractivity contribution in [1.82, 2.24) is 0 Å². The van der Waals surface area contributed by atoms with Gasteiger partial charge in [0.05, 0.1) is 11.3 Å². The molecule has 1 N–H and O–H groups in total. The van der Waals surface area contributed by atoms with Crippen LogP contribution in [0.3, 0.4) is 0 Å². The molecule has 2 aromatic carbocycles. The normalized spacial score (nSPS) is 11.8. The Hall–Kier alpha value is -2.48. The highest BCUT2D eigenvalue weighted by Crippen LogP contribution is 2.25. The molecule has 5 heteroatoms. The first-order valence-corrected chi connectivity index (χ1v) is 5.93. The van der Waals surface area contributed by atoms with E-state index in [0.717, 1.165) is 5.56 Å². The van der Waals surface area contributed by atoms with Crippen LogP contribution in [0.5, 0.6) is 0 Å². The molecule has 2 nitrogen and oxygen atoms in total. The summed E-state index contributed by atoms with van der Waals surface area (Å²) in [6, 6.07) is 9.45. The van der Waals surface area contributed by atoms with Gasteiger partial charge in [0.25, 0.3) is 0 Å². The Balaban J connectivity index is 2.24. The van der Waals surface area contributed by atoms with Gasteiger partial charge in [-0.2, -0.15) is 5.26 Å². The molecule has 0 saturated heterocycles. The van der Waals surface area contributed by atoms with Crippen molar-refractivity contribution in [3.63, 3.8) is 0 Å². The second-order valence-corrected chi connectivity index (χ2v) is 4.32. The van der Waals surface area contributed by atoms with Crippen molar-refractivity contribution < 1.29 is 13.2 Å². The van der Waals surface area contributed by atoms with Crippen LogP contribution in [0.2, 0.25) is 0 Å². The highest BCUT2D eigenvalue weighted by Gasteiger charge is 2.15. The molecule has 0 spiro atoms. The van der Waals surface area contributed by atoms with Crippen LogP contribution in [0.25, 0.3) is 0 Å². The van der Waals surface area contributed by atoms with E-state index in [9.17, 15) is 13.2 Å². The fourth-order valence-electron chi connectivity index (χ4n) is 1.82. The number of rotatable bonds is 3. The predicted octanol–water partition coefficient (Wildman–Crippen LogP) is 4.15. The first kappa shape index (κ1) is 13.9. The number of nitrogens with one attached hydrogen (secondary N) is 1. The molecule has 1 unspecified atom stereocenters. The van der Waals surface area contributed by atoms with Crippen LogP contribution in [-0.2, 0) is 0 Å². The highest BCUT2D eigenvalue weighted by atomic mass is 19.2. The summed E-state index contributed by atoms with van der Waals surface area (Å²) in [4.78, 5) is 0. The van der Waals surface area contributed by atoms with Crippen molar-refractivity contribution in [3.05, 3.63) is 65.0 Å². The van der Waals surface area contributed by atoms with Crippen LogP contribution < -0.4 is 5.32 Å². The molecule has 0 radical (unpaired) electrons. The lowest BCUT2D eigenvalue weighted by Crippen LogP contribution is -2.09. The van der Waals surface area contributed by atoms with E-state index in [-0.39, 0.29) is 23.1 Å². The summed E-state index contributed by atoms with van der Waals surface area (Å²) in [5.74, 6) is -2.64. The Bertz CT molecular complexity index is 660. The number of hydrogen-bond donors (Lipinski definition) is 1. The van der Waals surface area contributed by atoms with Crippen molar-refractivity contribution in [2.24, 2.45) is 0 Å². The molecule has 1 atom stereocenters. The summed E-state index contributed by atoms with van der Waals surface area (Å²) < 4.78 is 40.0. The maximum Gasteiger partial charge on any atom is 0.183 e. The van der Waals surface area contributed by atoms with Gasteiger partial charge in [0.15, 0.2) is 11.6 Å². The van der Waals surface area contributed by atoms with E-state index < -0.39 is 11.6 Å². The Morgan fingerprint density at radius 3 is 2.25 bits per heavy atom. The number of halogens is 3. The zero-order valence-electron chi connectivity index (χ0n) is 10.6. The van der Waals surface area contributed by atoms with Crippen LogP contribution in [0.15, 0.2) is 36.4 Å². The molecule has 0 amide bonds. The van der Waals surface area contributed by atoms with Gasteiger partial charge in [0.1, 0.15) is 11.9 Å². The van der Waals surface area contributed by atoms with E-state index >= 15 is 0 Å². The number of anilines is 1. The fourth-order valence-corrected chi connectivity index (χ4v) is 1.82. The number of benzene rings is 2. The molecule has 0 aliphatic carbocycles. The second-order valence-electron chi connectivity index (χ2n) is 4.32. The number of hydrogen-bond acceptors (Lipinski definition) is 2. The van der Waals surface area contributed by atoms with Crippen LogP contribution in [0, 0.1) is 28.8 Å². The summed E-state index contributed by atoms with van der Waals surface area (Å²) in [5.41, 5.74) is 0.344. The molecule has 0 aliphatic heterocycles. The molecule has 0 aliphatic rings. The smallest absolute Gasteiger partial charge is 0.183 e. The third-order valence-electron chi connectivity index (χ3n) is 2.94. The predicted molar refractivity (Wildman–Crippen MR) is 69.5 cm³/mol. The van der Waals surface area contributed by atoms with Gasteiger partial charge in [0.2, 0.25) is 0 Å². The highest BCUT2D eigenvalue weighted by molar-refractivity contribution is 5.51. The van der Waals surface area contributed by atoms with Gasteiger partial charge in [0, 0.05) is 6.04 Å². The molecule has 20 heavy (non-hydrogen) atoms. The number of nitriles is 1. The summed E-state index contributed by atoms with van der Waals surface area (Å²) in [5, 5.41) is 11.4. The monoisotopic (exact) mass is 276 g/mol. The lowest BCUT2D eigenvalue weighted by Gasteiger charge is -2.16. The number of nitrogens with zero attached hydrogens (tertiary/aromatic N) is 1. The van der Waals surface area contributed by atoms with Gasteiger partial charge in [-0.3, -0.25) is 0 Å². The summed E-state index contributed by atoms with van der Waals surface area (Å²) in [7, 11) is 0. The topological polar surface area (TPSA) is 35.8 Å². The summed E-state index contributed by atoms with van der Waals surface area (Å²) in [6.07, 6.45) is 0. The van der Waals surface area contributed by atoms with Gasteiger partial charge in [-0.25, -0.2) is 13.2 Å². The summed E-state index contributed by atoms with van der Waals surface area (Å²) in [6.45, 7) is 1.74. The molecule has 2 aromatic rings. The third kappa shape index (κ3) is 2.75. The maximum absolute atomic E-state index is 13.7.